The van der Waals surface area contributed by atoms with Gasteiger partial charge in [-0.25, -0.2) is 4.98 Å². The molecule has 0 atom stereocenters. The largest absolute Gasteiger partial charge is 0.455 e. The molecule has 56 heavy (non-hydrogen) atoms. The summed E-state index contributed by atoms with van der Waals surface area (Å²) < 4.78 is 6.82. The summed E-state index contributed by atoms with van der Waals surface area (Å²) in [6.45, 7) is 0. The van der Waals surface area contributed by atoms with Crippen molar-refractivity contribution in [3.8, 4) is 67.0 Å². The van der Waals surface area contributed by atoms with Crippen LogP contribution in [-0.4, -0.2) is 4.98 Å². The summed E-state index contributed by atoms with van der Waals surface area (Å²) in [6.07, 6.45) is 0. The molecule has 0 fully saturated rings. The van der Waals surface area contributed by atoms with E-state index in [0.29, 0.717) is 0 Å². The van der Waals surface area contributed by atoms with Gasteiger partial charge in [0, 0.05) is 27.5 Å². The van der Waals surface area contributed by atoms with E-state index in [9.17, 15) is 0 Å². The van der Waals surface area contributed by atoms with Gasteiger partial charge in [0.1, 0.15) is 11.2 Å². The summed E-state index contributed by atoms with van der Waals surface area (Å²) in [7, 11) is 0. The van der Waals surface area contributed by atoms with Crippen molar-refractivity contribution < 1.29 is 4.42 Å². The minimum Gasteiger partial charge on any atom is -0.455 e. The molecule has 0 saturated heterocycles. The first-order chi connectivity index (χ1) is 27.8. The number of pyridine rings is 1. The van der Waals surface area contributed by atoms with Gasteiger partial charge in [-0.1, -0.05) is 182 Å². The summed E-state index contributed by atoms with van der Waals surface area (Å²) in [5, 5.41) is 2.30. The maximum absolute atomic E-state index is 6.82. The molecule has 10 aromatic rings. The van der Waals surface area contributed by atoms with Crippen molar-refractivity contribution in [3.63, 3.8) is 0 Å². The standard InChI is InChI=1S/C54H33NO/c1-3-14-36(15-4-1)48-32-38(33-49(55-48)37-16-5-2-6-17-37)34-26-28-35(29-27-34)39-21-13-22-44-51-47(31-30-43-42-20-9-12-25-50(42)56-53(43)51)54(52(39)44)45-23-10-7-18-40(45)41-19-8-11-24-46(41)54/h1-33H. The number of hydrogen-bond acceptors (Lipinski definition) is 2. The lowest BCUT2D eigenvalue weighted by molar-refractivity contribution is 0.669. The van der Waals surface area contributed by atoms with Gasteiger partial charge in [0.2, 0.25) is 0 Å². The lowest BCUT2D eigenvalue weighted by atomic mass is 9.68. The van der Waals surface area contributed by atoms with Gasteiger partial charge in [0.25, 0.3) is 0 Å². The summed E-state index contributed by atoms with van der Waals surface area (Å²) in [5.74, 6) is 0. The summed E-state index contributed by atoms with van der Waals surface area (Å²) in [5.41, 5.74) is 20.4. The molecule has 0 amide bonds. The van der Waals surface area contributed by atoms with E-state index in [0.717, 1.165) is 55.6 Å². The van der Waals surface area contributed by atoms with Crippen LogP contribution in [0.15, 0.2) is 205 Å². The Hall–Kier alpha value is -7.29. The van der Waals surface area contributed by atoms with Gasteiger partial charge in [-0.15, -0.1) is 0 Å². The highest BCUT2D eigenvalue weighted by molar-refractivity contribution is 6.14. The molecule has 2 aliphatic carbocycles. The zero-order valence-electron chi connectivity index (χ0n) is 30.4. The fraction of sp³-hybridized carbons (Fsp3) is 0.0185. The second-order valence-electron chi connectivity index (χ2n) is 15.0. The van der Waals surface area contributed by atoms with Crippen molar-refractivity contribution in [2.45, 2.75) is 5.41 Å². The van der Waals surface area contributed by atoms with Crippen LogP contribution in [0.5, 0.6) is 0 Å². The summed E-state index contributed by atoms with van der Waals surface area (Å²) >= 11 is 0. The van der Waals surface area contributed by atoms with Crippen molar-refractivity contribution in [2.75, 3.05) is 0 Å². The summed E-state index contributed by atoms with van der Waals surface area (Å²) in [4.78, 5) is 5.13. The Balaban J connectivity index is 1.09. The van der Waals surface area contributed by atoms with E-state index in [4.69, 9.17) is 9.40 Å². The second kappa shape index (κ2) is 11.9. The van der Waals surface area contributed by atoms with E-state index in [2.05, 4.69) is 200 Å². The number of aromatic nitrogens is 1. The van der Waals surface area contributed by atoms with Crippen LogP contribution < -0.4 is 0 Å². The van der Waals surface area contributed by atoms with Gasteiger partial charge >= 0.3 is 0 Å². The molecule has 0 saturated carbocycles. The predicted octanol–water partition coefficient (Wildman–Crippen LogP) is 14.0. The highest BCUT2D eigenvalue weighted by atomic mass is 16.3. The minimum absolute atomic E-state index is 0.513. The molecule has 0 N–H and O–H groups in total. The molecule has 2 heteroatoms. The topological polar surface area (TPSA) is 26.0 Å². The van der Waals surface area contributed by atoms with Crippen LogP contribution in [0.25, 0.3) is 89.0 Å². The zero-order chi connectivity index (χ0) is 36.8. The molecule has 0 unspecified atom stereocenters. The van der Waals surface area contributed by atoms with Crippen LogP contribution in [0.1, 0.15) is 22.3 Å². The average molecular weight is 712 g/mol. The van der Waals surface area contributed by atoms with Crippen LogP contribution in [0.4, 0.5) is 0 Å². The number of benzene rings is 8. The van der Waals surface area contributed by atoms with Gasteiger partial charge in [0.05, 0.1) is 16.8 Å². The fourth-order valence-electron chi connectivity index (χ4n) is 9.76. The smallest absolute Gasteiger partial charge is 0.143 e. The van der Waals surface area contributed by atoms with Crippen molar-refractivity contribution >= 4 is 21.9 Å². The van der Waals surface area contributed by atoms with Crippen LogP contribution in [-0.2, 0) is 5.41 Å². The highest BCUT2D eigenvalue weighted by Crippen LogP contribution is 2.65. The Morgan fingerprint density at radius 1 is 0.357 bits per heavy atom. The molecular weight excluding hydrogens is 679 g/mol. The quantitative estimate of drug-likeness (QED) is 0.182. The van der Waals surface area contributed by atoms with Crippen LogP contribution >= 0.6 is 0 Å². The van der Waals surface area contributed by atoms with Crippen LogP contribution in [0.2, 0.25) is 0 Å². The number of rotatable bonds is 4. The number of fused-ring (bicyclic) bond motifs is 14. The van der Waals surface area contributed by atoms with E-state index >= 15 is 0 Å². The Morgan fingerprint density at radius 2 is 0.911 bits per heavy atom. The monoisotopic (exact) mass is 711 g/mol. The zero-order valence-corrected chi connectivity index (χ0v) is 30.4. The lowest BCUT2D eigenvalue weighted by Gasteiger charge is -2.32. The maximum Gasteiger partial charge on any atom is 0.143 e. The van der Waals surface area contributed by atoms with Gasteiger partial charge in [0.15, 0.2) is 0 Å². The van der Waals surface area contributed by atoms with E-state index in [1.807, 2.05) is 0 Å². The fourth-order valence-corrected chi connectivity index (χ4v) is 9.76. The number of furan rings is 1. The SMILES string of the molecule is c1ccc(-c2cc(-c3ccc(-c4cccc5c4C4(c6ccccc6-c6ccccc64)c4ccc6c(oc7ccccc76)c4-5)cc3)cc(-c3ccccc3)n2)cc1. The third-order valence-corrected chi connectivity index (χ3v) is 12.1. The molecule has 2 aliphatic rings. The normalized spacial score (nSPS) is 13.1. The van der Waals surface area contributed by atoms with Crippen molar-refractivity contribution in [1.29, 1.82) is 0 Å². The van der Waals surface area contributed by atoms with Gasteiger partial charge < -0.3 is 4.42 Å². The molecule has 2 aromatic heterocycles. The van der Waals surface area contributed by atoms with E-state index < -0.39 is 5.41 Å². The third kappa shape index (κ3) is 4.30. The Kier molecular flexibility index (Phi) is 6.58. The Bertz CT molecular complexity index is 3070. The summed E-state index contributed by atoms with van der Waals surface area (Å²) in [6, 6.07) is 72.4. The molecule has 0 radical (unpaired) electrons. The first-order valence-electron chi connectivity index (χ1n) is 19.3. The van der Waals surface area contributed by atoms with Crippen LogP contribution in [0, 0.1) is 0 Å². The van der Waals surface area contributed by atoms with Crippen molar-refractivity contribution in [3.05, 3.63) is 222 Å². The Labute approximate surface area is 325 Å². The second-order valence-corrected chi connectivity index (χ2v) is 15.0. The molecule has 12 rings (SSSR count). The molecule has 0 aliphatic heterocycles. The average Bonchev–Trinajstić information content (AvgIpc) is 3.91. The molecule has 8 aromatic carbocycles. The highest BCUT2D eigenvalue weighted by Gasteiger charge is 2.53. The van der Waals surface area contributed by atoms with Crippen molar-refractivity contribution in [2.24, 2.45) is 0 Å². The van der Waals surface area contributed by atoms with E-state index in [-0.39, 0.29) is 0 Å². The molecule has 2 nitrogen and oxygen atoms in total. The van der Waals surface area contributed by atoms with Gasteiger partial charge in [-0.2, -0.15) is 0 Å². The molecule has 2 heterocycles. The molecule has 1 spiro atoms. The van der Waals surface area contributed by atoms with Crippen LogP contribution in [0.3, 0.4) is 0 Å². The Morgan fingerprint density at radius 3 is 1.59 bits per heavy atom. The maximum atomic E-state index is 6.82. The van der Waals surface area contributed by atoms with Crippen molar-refractivity contribution in [1.82, 2.24) is 4.98 Å². The number of hydrogen-bond donors (Lipinski definition) is 0. The lowest BCUT2D eigenvalue weighted by Crippen LogP contribution is -2.26. The number of nitrogens with zero attached hydrogens (tertiary/aromatic N) is 1. The van der Waals surface area contributed by atoms with Gasteiger partial charge in [-0.05, 0) is 79.4 Å². The van der Waals surface area contributed by atoms with E-state index in [1.165, 1.54) is 55.6 Å². The van der Waals surface area contributed by atoms with E-state index in [1.54, 1.807) is 0 Å². The predicted molar refractivity (Wildman–Crippen MR) is 230 cm³/mol. The first kappa shape index (κ1) is 31.1. The third-order valence-electron chi connectivity index (χ3n) is 12.1. The minimum atomic E-state index is -0.513. The number of para-hydroxylation sites is 1. The molecule has 0 bridgehead atoms. The first-order valence-corrected chi connectivity index (χ1v) is 19.3. The molecular formula is C54H33NO. The van der Waals surface area contributed by atoms with Gasteiger partial charge in [-0.3, -0.25) is 0 Å². The molecule has 260 valence electrons.